The van der Waals surface area contributed by atoms with Gasteiger partial charge in [0.2, 0.25) is 0 Å². The van der Waals surface area contributed by atoms with Crippen LogP contribution in [0.25, 0.3) is 10.2 Å². The number of ether oxygens (including phenoxy) is 1. The van der Waals surface area contributed by atoms with Crippen molar-refractivity contribution in [2.45, 2.75) is 20.8 Å². The lowest BCUT2D eigenvalue weighted by Gasteiger charge is -2.24. The second kappa shape index (κ2) is 9.82. The number of likely N-dealkylation sites (N-methyl/N-ethyl adjacent to an activating group) is 1. The predicted molar refractivity (Wildman–Crippen MR) is 122 cm³/mol. The van der Waals surface area contributed by atoms with Gasteiger partial charge in [0, 0.05) is 24.2 Å². The van der Waals surface area contributed by atoms with E-state index in [0.29, 0.717) is 22.8 Å². The van der Waals surface area contributed by atoms with E-state index in [9.17, 15) is 9.59 Å². The van der Waals surface area contributed by atoms with E-state index in [4.69, 9.17) is 9.72 Å². The van der Waals surface area contributed by atoms with E-state index < -0.39 is 0 Å². The molecule has 0 atom stereocenters. The third-order valence-corrected chi connectivity index (χ3v) is 6.17. The molecule has 0 bridgehead atoms. The molecule has 0 radical (unpaired) electrons. The minimum atomic E-state index is -0.122. The molecule has 0 saturated carbocycles. The van der Waals surface area contributed by atoms with Crippen LogP contribution in [0.4, 0.5) is 5.13 Å². The van der Waals surface area contributed by atoms with Gasteiger partial charge in [0.05, 0.1) is 17.3 Å². The number of methoxy groups -OCH3 is 1. The number of hydrogen-bond acceptors (Lipinski definition) is 6. The number of Topliss-reactive ketones (excluding diaryl/α,β-unsaturated/α-hetero) is 1. The maximum Gasteiger partial charge on any atom is 0.260 e. The zero-order chi connectivity index (χ0) is 21.7. The summed E-state index contributed by atoms with van der Waals surface area (Å²) in [7, 11) is 1.63. The summed E-state index contributed by atoms with van der Waals surface area (Å²) in [5, 5.41) is 0.658. The van der Waals surface area contributed by atoms with E-state index in [1.54, 1.807) is 36.3 Å². The maximum absolute atomic E-state index is 13.4. The monoisotopic (exact) mass is 425 g/mol. The van der Waals surface area contributed by atoms with Crippen molar-refractivity contribution in [3.05, 3.63) is 53.6 Å². The maximum atomic E-state index is 13.4. The van der Waals surface area contributed by atoms with Crippen LogP contribution in [0.5, 0.6) is 5.75 Å². The molecular weight excluding hydrogens is 398 g/mol. The Morgan fingerprint density at radius 3 is 2.27 bits per heavy atom. The smallest absolute Gasteiger partial charge is 0.260 e. The molecule has 0 aliphatic carbocycles. The Kier molecular flexibility index (Phi) is 7.18. The largest absolute Gasteiger partial charge is 0.497 e. The summed E-state index contributed by atoms with van der Waals surface area (Å²) in [6.07, 6.45) is 0. The van der Waals surface area contributed by atoms with Crippen LogP contribution in [0, 0.1) is 0 Å². The lowest BCUT2D eigenvalue weighted by molar-refractivity contribution is 0.0980. The molecule has 1 aromatic heterocycles. The third-order valence-electron chi connectivity index (χ3n) is 5.13. The SMILES string of the molecule is CCN(CC)CCN(C(=O)c1ccc(C(C)=O)cc1)c1nc2ccc(OC)cc2s1. The predicted octanol–water partition coefficient (Wildman–Crippen LogP) is 4.50. The first kappa shape index (κ1) is 21.9. The number of hydrogen-bond donors (Lipinski definition) is 0. The molecule has 158 valence electrons. The number of nitrogens with zero attached hydrogens (tertiary/aromatic N) is 3. The fourth-order valence-electron chi connectivity index (χ4n) is 3.20. The zero-order valence-corrected chi connectivity index (χ0v) is 18.7. The van der Waals surface area contributed by atoms with Crippen molar-refractivity contribution in [2.24, 2.45) is 0 Å². The highest BCUT2D eigenvalue weighted by molar-refractivity contribution is 7.22. The first-order valence-corrected chi connectivity index (χ1v) is 10.9. The number of rotatable bonds is 9. The van der Waals surface area contributed by atoms with Gasteiger partial charge in [0.15, 0.2) is 10.9 Å². The summed E-state index contributed by atoms with van der Waals surface area (Å²) in [5.41, 5.74) is 1.97. The molecule has 0 fully saturated rings. The number of carbonyl (C=O) groups excluding carboxylic acids is 2. The number of benzene rings is 2. The minimum Gasteiger partial charge on any atom is -0.497 e. The molecule has 6 nitrogen and oxygen atoms in total. The summed E-state index contributed by atoms with van der Waals surface area (Å²) >= 11 is 1.47. The number of fused-ring (bicyclic) bond motifs is 1. The lowest BCUT2D eigenvalue weighted by atomic mass is 10.1. The molecule has 0 spiro atoms. The van der Waals surface area contributed by atoms with Gasteiger partial charge in [-0.1, -0.05) is 37.3 Å². The Morgan fingerprint density at radius 2 is 1.67 bits per heavy atom. The highest BCUT2D eigenvalue weighted by Gasteiger charge is 2.22. The van der Waals surface area contributed by atoms with E-state index in [0.717, 1.165) is 35.6 Å². The Bertz CT molecular complexity index is 1030. The van der Waals surface area contributed by atoms with Crippen LogP contribution in [0.15, 0.2) is 42.5 Å². The molecule has 3 rings (SSSR count). The van der Waals surface area contributed by atoms with E-state index in [2.05, 4.69) is 18.7 Å². The van der Waals surface area contributed by atoms with Gasteiger partial charge in [-0.2, -0.15) is 0 Å². The average Bonchev–Trinajstić information content (AvgIpc) is 3.19. The summed E-state index contributed by atoms with van der Waals surface area (Å²) in [4.78, 5) is 33.7. The van der Waals surface area contributed by atoms with Gasteiger partial charge in [-0.3, -0.25) is 14.5 Å². The second-order valence-electron chi connectivity index (χ2n) is 6.95. The fraction of sp³-hybridized carbons (Fsp3) is 0.348. The molecule has 0 N–H and O–H groups in total. The van der Waals surface area contributed by atoms with Crippen molar-refractivity contribution in [3.8, 4) is 5.75 Å². The summed E-state index contributed by atoms with van der Waals surface area (Å²) in [6, 6.07) is 12.5. The van der Waals surface area contributed by atoms with Gasteiger partial charge in [-0.25, -0.2) is 4.98 Å². The van der Waals surface area contributed by atoms with Crippen LogP contribution in [0.2, 0.25) is 0 Å². The zero-order valence-electron chi connectivity index (χ0n) is 17.8. The third kappa shape index (κ3) is 4.86. The highest BCUT2D eigenvalue weighted by Crippen LogP contribution is 2.32. The lowest BCUT2D eigenvalue weighted by Crippen LogP contribution is -2.38. The second-order valence-corrected chi connectivity index (χ2v) is 7.96. The van der Waals surface area contributed by atoms with Gasteiger partial charge >= 0.3 is 0 Å². The van der Waals surface area contributed by atoms with Gasteiger partial charge in [-0.15, -0.1) is 0 Å². The van der Waals surface area contributed by atoms with Gasteiger partial charge in [0.25, 0.3) is 5.91 Å². The highest BCUT2D eigenvalue weighted by atomic mass is 32.1. The van der Waals surface area contributed by atoms with E-state index in [-0.39, 0.29) is 11.7 Å². The molecule has 1 amide bonds. The van der Waals surface area contributed by atoms with Gasteiger partial charge in [0.1, 0.15) is 5.75 Å². The normalized spacial score (nSPS) is 11.1. The van der Waals surface area contributed by atoms with Crippen molar-refractivity contribution in [3.63, 3.8) is 0 Å². The van der Waals surface area contributed by atoms with E-state index in [1.165, 1.54) is 18.3 Å². The van der Waals surface area contributed by atoms with Crippen LogP contribution in [-0.4, -0.2) is 54.9 Å². The molecule has 30 heavy (non-hydrogen) atoms. The van der Waals surface area contributed by atoms with Crippen molar-refractivity contribution >= 4 is 38.4 Å². The standard InChI is InChI=1S/C23H27N3O3S/c1-5-25(6-2)13-14-26(22(28)18-9-7-17(8-10-18)16(3)27)23-24-20-12-11-19(29-4)15-21(20)30-23/h7-12,15H,5-6,13-14H2,1-4H3. The molecular formula is C23H27N3O3S. The van der Waals surface area contributed by atoms with Crippen molar-refractivity contribution in [1.82, 2.24) is 9.88 Å². The quantitative estimate of drug-likeness (QED) is 0.473. The molecule has 7 heteroatoms. The van der Waals surface area contributed by atoms with Crippen molar-refractivity contribution in [2.75, 3.05) is 38.2 Å². The van der Waals surface area contributed by atoms with Crippen LogP contribution in [-0.2, 0) is 0 Å². The number of anilines is 1. The van der Waals surface area contributed by atoms with Crippen LogP contribution >= 0.6 is 11.3 Å². The molecule has 3 aromatic rings. The van der Waals surface area contributed by atoms with Crippen LogP contribution < -0.4 is 9.64 Å². The molecule has 2 aromatic carbocycles. The number of aromatic nitrogens is 1. The van der Waals surface area contributed by atoms with Gasteiger partial charge < -0.3 is 9.64 Å². The summed E-state index contributed by atoms with van der Waals surface area (Å²) in [6.45, 7) is 8.87. The number of carbonyl (C=O) groups is 2. The van der Waals surface area contributed by atoms with Crippen LogP contribution in [0.3, 0.4) is 0 Å². The Morgan fingerprint density at radius 1 is 1.00 bits per heavy atom. The number of thiazole rings is 1. The Labute approximate surface area is 181 Å². The molecule has 0 unspecified atom stereocenters. The first-order valence-electron chi connectivity index (χ1n) is 10.1. The summed E-state index contributed by atoms with van der Waals surface area (Å²) in [5.74, 6) is 0.620. The Balaban J connectivity index is 1.95. The molecule has 0 saturated heterocycles. The molecule has 0 aliphatic rings. The minimum absolute atomic E-state index is 0.0208. The Hall–Kier alpha value is -2.77. The van der Waals surface area contributed by atoms with E-state index in [1.807, 2.05) is 18.2 Å². The number of ketones is 1. The fourth-order valence-corrected chi connectivity index (χ4v) is 4.22. The number of amides is 1. The van der Waals surface area contributed by atoms with Crippen molar-refractivity contribution < 1.29 is 14.3 Å². The molecule has 0 aliphatic heterocycles. The van der Waals surface area contributed by atoms with Gasteiger partial charge in [-0.05, 0) is 50.3 Å². The van der Waals surface area contributed by atoms with Crippen molar-refractivity contribution in [1.29, 1.82) is 0 Å². The molecule has 1 heterocycles. The summed E-state index contributed by atoms with van der Waals surface area (Å²) < 4.78 is 6.28. The average molecular weight is 426 g/mol. The first-order chi connectivity index (χ1) is 14.5. The van der Waals surface area contributed by atoms with E-state index >= 15 is 0 Å². The topological polar surface area (TPSA) is 62.7 Å². The van der Waals surface area contributed by atoms with Crippen LogP contribution in [0.1, 0.15) is 41.5 Å².